The van der Waals surface area contributed by atoms with Gasteiger partial charge in [0.25, 0.3) is 0 Å². The number of para-hydroxylation sites is 1. The molecule has 0 bridgehead atoms. The van der Waals surface area contributed by atoms with Crippen molar-refractivity contribution in [1.82, 2.24) is 9.78 Å². The van der Waals surface area contributed by atoms with Gasteiger partial charge in [-0.1, -0.05) is 25.1 Å². The number of anilines is 1. The number of nitrogens with two attached hydrogens (primary N) is 1. The first kappa shape index (κ1) is 15.6. The summed E-state index contributed by atoms with van der Waals surface area (Å²) in [5.41, 5.74) is 9.00. The van der Waals surface area contributed by atoms with E-state index in [1.54, 1.807) is 10.7 Å². The van der Waals surface area contributed by atoms with Crippen LogP contribution in [0.25, 0.3) is 0 Å². The zero-order valence-corrected chi connectivity index (χ0v) is 13.7. The summed E-state index contributed by atoms with van der Waals surface area (Å²) in [6.07, 6.45) is 0.992. The molecule has 0 atom stereocenters. The highest BCUT2D eigenvalue weighted by Gasteiger charge is 2.15. The van der Waals surface area contributed by atoms with Crippen molar-refractivity contribution in [2.24, 2.45) is 7.05 Å². The molecule has 112 valence electrons. The van der Waals surface area contributed by atoms with Gasteiger partial charge in [-0.05, 0) is 34.0 Å². The quantitative estimate of drug-likeness (QED) is 0.663. The lowest BCUT2D eigenvalue weighted by Crippen LogP contribution is -2.11. The van der Waals surface area contributed by atoms with Crippen LogP contribution in [0, 0.1) is 0 Å². The Labute approximate surface area is 132 Å². The van der Waals surface area contributed by atoms with Gasteiger partial charge in [0.1, 0.15) is 6.61 Å². The van der Waals surface area contributed by atoms with Crippen LogP contribution in [-0.2, 0) is 36.0 Å². The molecule has 0 aliphatic rings. The molecule has 6 heteroatoms. The van der Waals surface area contributed by atoms with E-state index in [0.717, 1.165) is 27.8 Å². The molecular formula is C15H18BrN3O2. The first-order chi connectivity index (χ1) is 10.0. The third-order valence-corrected chi connectivity index (χ3v) is 4.18. The first-order valence-corrected chi connectivity index (χ1v) is 7.51. The number of ether oxygens (including phenoxy) is 1. The van der Waals surface area contributed by atoms with Crippen molar-refractivity contribution in [2.75, 3.05) is 5.73 Å². The Kier molecular flexibility index (Phi) is 5.01. The number of halogens is 1. The molecule has 0 fully saturated rings. The molecule has 1 aromatic carbocycles. The standard InChI is InChI=1S/C15H18BrN3O2/c1-3-12-15(16)13(19(2)18-12)9-21-14(20)8-10-6-4-5-7-11(10)17/h4-7H,3,8-9,17H2,1-2H3. The van der Waals surface area contributed by atoms with Gasteiger partial charge < -0.3 is 10.5 Å². The van der Waals surface area contributed by atoms with E-state index in [4.69, 9.17) is 10.5 Å². The average Bonchev–Trinajstić information content (AvgIpc) is 2.74. The molecule has 0 unspecified atom stereocenters. The number of aryl methyl sites for hydroxylation is 2. The lowest BCUT2D eigenvalue weighted by Gasteiger charge is -2.07. The van der Waals surface area contributed by atoms with E-state index >= 15 is 0 Å². The Morgan fingerprint density at radius 1 is 1.43 bits per heavy atom. The predicted octanol–water partition coefficient (Wildman–Crippen LogP) is 2.61. The maximum Gasteiger partial charge on any atom is 0.310 e. The van der Waals surface area contributed by atoms with E-state index in [0.29, 0.717) is 5.69 Å². The number of aromatic nitrogens is 2. The van der Waals surface area contributed by atoms with Crippen LogP contribution in [0.5, 0.6) is 0 Å². The highest BCUT2D eigenvalue weighted by atomic mass is 79.9. The summed E-state index contributed by atoms with van der Waals surface area (Å²) in [7, 11) is 1.84. The normalized spacial score (nSPS) is 10.6. The fraction of sp³-hybridized carbons (Fsp3) is 0.333. The van der Waals surface area contributed by atoms with E-state index in [9.17, 15) is 4.79 Å². The Bertz CT molecular complexity index is 652. The number of nitrogens with zero attached hydrogens (tertiary/aromatic N) is 2. The molecule has 2 aromatic rings. The molecule has 1 heterocycles. The lowest BCUT2D eigenvalue weighted by molar-refractivity contribution is -0.144. The van der Waals surface area contributed by atoms with Crippen molar-refractivity contribution < 1.29 is 9.53 Å². The van der Waals surface area contributed by atoms with Crippen LogP contribution in [-0.4, -0.2) is 15.7 Å². The minimum Gasteiger partial charge on any atom is -0.459 e. The molecule has 2 rings (SSSR count). The number of esters is 1. The van der Waals surface area contributed by atoms with Gasteiger partial charge in [-0.25, -0.2) is 0 Å². The smallest absolute Gasteiger partial charge is 0.310 e. The van der Waals surface area contributed by atoms with Crippen LogP contribution in [0.3, 0.4) is 0 Å². The van der Waals surface area contributed by atoms with Crippen LogP contribution in [0.15, 0.2) is 28.7 Å². The number of carbonyl (C=O) groups is 1. The Hall–Kier alpha value is -1.82. The first-order valence-electron chi connectivity index (χ1n) is 6.72. The van der Waals surface area contributed by atoms with Crippen molar-refractivity contribution in [2.45, 2.75) is 26.4 Å². The Morgan fingerprint density at radius 3 is 2.76 bits per heavy atom. The second-order valence-electron chi connectivity index (χ2n) is 4.72. The highest BCUT2D eigenvalue weighted by Crippen LogP contribution is 2.22. The van der Waals surface area contributed by atoms with Gasteiger partial charge >= 0.3 is 5.97 Å². The van der Waals surface area contributed by atoms with Crippen LogP contribution in [0.1, 0.15) is 23.9 Å². The predicted molar refractivity (Wildman–Crippen MR) is 84.6 cm³/mol. The SMILES string of the molecule is CCc1nn(C)c(COC(=O)Cc2ccccc2N)c1Br. The monoisotopic (exact) mass is 351 g/mol. The van der Waals surface area contributed by atoms with Crippen molar-refractivity contribution in [1.29, 1.82) is 0 Å². The summed E-state index contributed by atoms with van der Waals surface area (Å²) >= 11 is 3.50. The van der Waals surface area contributed by atoms with E-state index in [1.165, 1.54) is 0 Å². The van der Waals surface area contributed by atoms with Crippen molar-refractivity contribution >= 4 is 27.6 Å². The largest absolute Gasteiger partial charge is 0.459 e. The fourth-order valence-corrected chi connectivity index (χ4v) is 2.76. The maximum absolute atomic E-state index is 11.9. The number of hydrogen-bond acceptors (Lipinski definition) is 4. The summed E-state index contributed by atoms with van der Waals surface area (Å²) in [6, 6.07) is 7.28. The molecule has 0 saturated heterocycles. The zero-order valence-electron chi connectivity index (χ0n) is 12.1. The van der Waals surface area contributed by atoms with Crippen molar-refractivity contribution in [3.05, 3.63) is 45.7 Å². The number of carbonyl (C=O) groups excluding carboxylic acids is 1. The minimum atomic E-state index is -0.306. The molecule has 0 radical (unpaired) electrons. The van der Waals surface area contributed by atoms with E-state index < -0.39 is 0 Å². The van der Waals surface area contributed by atoms with Crippen molar-refractivity contribution in [3.63, 3.8) is 0 Å². The van der Waals surface area contributed by atoms with E-state index in [-0.39, 0.29) is 19.0 Å². The lowest BCUT2D eigenvalue weighted by atomic mass is 10.1. The van der Waals surface area contributed by atoms with Gasteiger partial charge in [0.15, 0.2) is 0 Å². The van der Waals surface area contributed by atoms with Gasteiger partial charge in [-0.15, -0.1) is 0 Å². The molecule has 1 aromatic heterocycles. The van der Waals surface area contributed by atoms with Gasteiger partial charge in [-0.3, -0.25) is 9.48 Å². The van der Waals surface area contributed by atoms with Gasteiger partial charge in [-0.2, -0.15) is 5.10 Å². The Morgan fingerprint density at radius 2 is 2.14 bits per heavy atom. The van der Waals surface area contributed by atoms with E-state index in [2.05, 4.69) is 21.0 Å². The van der Waals surface area contributed by atoms with Gasteiger partial charge in [0.2, 0.25) is 0 Å². The minimum absolute atomic E-state index is 0.169. The molecule has 5 nitrogen and oxygen atoms in total. The molecule has 0 saturated carbocycles. The number of benzene rings is 1. The topological polar surface area (TPSA) is 70.1 Å². The van der Waals surface area contributed by atoms with Gasteiger partial charge in [0, 0.05) is 12.7 Å². The zero-order chi connectivity index (χ0) is 15.4. The molecule has 0 amide bonds. The average molecular weight is 352 g/mol. The number of nitrogen functional groups attached to an aromatic ring is 1. The third kappa shape index (κ3) is 3.64. The van der Waals surface area contributed by atoms with Crippen LogP contribution >= 0.6 is 15.9 Å². The molecule has 0 spiro atoms. The van der Waals surface area contributed by atoms with E-state index in [1.807, 2.05) is 32.2 Å². The molecule has 2 N–H and O–H groups in total. The summed E-state index contributed by atoms with van der Waals surface area (Å²) in [4.78, 5) is 11.9. The number of rotatable bonds is 5. The van der Waals surface area contributed by atoms with Crippen LogP contribution in [0.2, 0.25) is 0 Å². The van der Waals surface area contributed by atoms with Crippen LogP contribution in [0.4, 0.5) is 5.69 Å². The van der Waals surface area contributed by atoms with Crippen molar-refractivity contribution in [3.8, 4) is 0 Å². The molecule has 0 aliphatic heterocycles. The molecule has 21 heavy (non-hydrogen) atoms. The summed E-state index contributed by atoms with van der Waals surface area (Å²) in [5.74, 6) is -0.306. The second-order valence-corrected chi connectivity index (χ2v) is 5.51. The summed E-state index contributed by atoms with van der Waals surface area (Å²) in [5, 5.41) is 4.36. The maximum atomic E-state index is 11.9. The van der Waals surface area contributed by atoms with Crippen LogP contribution < -0.4 is 5.73 Å². The summed E-state index contributed by atoms with van der Waals surface area (Å²) in [6.45, 7) is 2.22. The third-order valence-electron chi connectivity index (χ3n) is 3.26. The highest BCUT2D eigenvalue weighted by molar-refractivity contribution is 9.10. The van der Waals surface area contributed by atoms with Gasteiger partial charge in [0.05, 0.1) is 22.3 Å². The fourth-order valence-electron chi connectivity index (χ4n) is 2.03. The number of hydrogen-bond donors (Lipinski definition) is 1. The molecular weight excluding hydrogens is 334 g/mol. The second kappa shape index (κ2) is 6.76. The Balaban J connectivity index is 1.99. The summed E-state index contributed by atoms with van der Waals surface area (Å²) < 4.78 is 7.95. The molecule has 0 aliphatic carbocycles.